The first-order chi connectivity index (χ1) is 9.15. The van der Waals surface area contributed by atoms with Crippen LogP contribution in [0.25, 0.3) is 0 Å². The average Bonchev–Trinajstić information content (AvgIpc) is 3.04. The summed E-state index contributed by atoms with van der Waals surface area (Å²) in [5.74, 6) is 0.200. The second kappa shape index (κ2) is 5.23. The molecular formula is C14H20N2O2S. The van der Waals surface area contributed by atoms with Crippen LogP contribution >= 0.6 is 11.3 Å². The van der Waals surface area contributed by atoms with Crippen LogP contribution in [-0.4, -0.2) is 52.6 Å². The van der Waals surface area contributed by atoms with E-state index in [1.165, 1.54) is 10.4 Å². The summed E-state index contributed by atoms with van der Waals surface area (Å²) in [6.07, 6.45) is 1.50. The van der Waals surface area contributed by atoms with Crippen LogP contribution in [0.5, 0.6) is 0 Å². The van der Waals surface area contributed by atoms with Crippen LogP contribution in [-0.2, 0) is 17.8 Å². The second-order valence-corrected chi connectivity index (χ2v) is 6.49. The number of carbonyl (C=O) groups is 1. The van der Waals surface area contributed by atoms with Gasteiger partial charge in [-0.1, -0.05) is 0 Å². The normalized spacial score (nSPS) is 25.4. The van der Waals surface area contributed by atoms with E-state index in [0.717, 1.165) is 32.5 Å². The number of β-amino-alcohol motifs (C(OH)–C–C–N with tert-alkyl or cyclic N) is 1. The number of hydrogen-bond donors (Lipinski definition) is 1. The van der Waals surface area contributed by atoms with Crippen LogP contribution in [0.15, 0.2) is 11.4 Å². The molecule has 4 nitrogen and oxygen atoms in total. The lowest BCUT2D eigenvalue weighted by Gasteiger charge is -2.32. The number of fused-ring (bicyclic) bond motifs is 1. The highest BCUT2D eigenvalue weighted by Crippen LogP contribution is 2.25. The zero-order valence-corrected chi connectivity index (χ0v) is 12.0. The number of thiophene rings is 1. The first kappa shape index (κ1) is 13.1. The number of aliphatic hydroxyl groups is 1. The van der Waals surface area contributed by atoms with E-state index in [4.69, 9.17) is 0 Å². The standard InChI is InChI=1S/C14H20N2O2S/c1-10(15-5-2-12(17)9-15)14(18)16-6-3-13-11(8-16)4-7-19-13/h4,7,10,12,17H,2-3,5-6,8-9H2,1H3/t10?,12-/m1/s1. The first-order valence-corrected chi connectivity index (χ1v) is 7.79. The number of aliphatic hydroxyl groups excluding tert-OH is 1. The van der Waals surface area contributed by atoms with Gasteiger partial charge in [0.15, 0.2) is 0 Å². The van der Waals surface area contributed by atoms with Crippen molar-refractivity contribution in [3.8, 4) is 0 Å². The summed E-state index contributed by atoms with van der Waals surface area (Å²) in [5, 5.41) is 11.7. The van der Waals surface area contributed by atoms with Gasteiger partial charge in [0.2, 0.25) is 5.91 Å². The maximum absolute atomic E-state index is 12.5. The van der Waals surface area contributed by atoms with Gasteiger partial charge in [-0.15, -0.1) is 11.3 Å². The molecule has 1 fully saturated rings. The summed E-state index contributed by atoms with van der Waals surface area (Å²) in [4.78, 5) is 18.0. The van der Waals surface area contributed by atoms with E-state index in [9.17, 15) is 9.90 Å². The maximum Gasteiger partial charge on any atom is 0.239 e. The molecule has 1 saturated heterocycles. The highest BCUT2D eigenvalue weighted by molar-refractivity contribution is 7.10. The van der Waals surface area contributed by atoms with Gasteiger partial charge >= 0.3 is 0 Å². The lowest BCUT2D eigenvalue weighted by Crippen LogP contribution is -2.47. The Morgan fingerprint density at radius 2 is 2.37 bits per heavy atom. The summed E-state index contributed by atoms with van der Waals surface area (Å²) >= 11 is 1.79. The monoisotopic (exact) mass is 280 g/mol. The van der Waals surface area contributed by atoms with E-state index >= 15 is 0 Å². The van der Waals surface area contributed by atoms with Gasteiger partial charge < -0.3 is 10.0 Å². The molecule has 0 aliphatic carbocycles. The lowest BCUT2D eigenvalue weighted by molar-refractivity contribution is -0.137. The second-order valence-electron chi connectivity index (χ2n) is 5.49. The number of rotatable bonds is 2. The molecule has 2 atom stereocenters. The Kier molecular flexibility index (Phi) is 3.60. The van der Waals surface area contributed by atoms with Gasteiger partial charge in [-0.05, 0) is 36.8 Å². The van der Waals surface area contributed by atoms with Crippen LogP contribution in [0.2, 0.25) is 0 Å². The molecule has 19 heavy (non-hydrogen) atoms. The van der Waals surface area contributed by atoms with Gasteiger partial charge in [-0.2, -0.15) is 0 Å². The van der Waals surface area contributed by atoms with E-state index in [2.05, 4.69) is 16.3 Å². The Morgan fingerprint density at radius 1 is 1.53 bits per heavy atom. The lowest BCUT2D eigenvalue weighted by atomic mass is 10.1. The molecule has 0 spiro atoms. The van der Waals surface area contributed by atoms with E-state index in [-0.39, 0.29) is 18.1 Å². The van der Waals surface area contributed by atoms with Crippen molar-refractivity contribution in [2.75, 3.05) is 19.6 Å². The van der Waals surface area contributed by atoms with Crippen molar-refractivity contribution in [1.29, 1.82) is 0 Å². The fourth-order valence-electron chi connectivity index (χ4n) is 2.98. The molecule has 2 aliphatic rings. The third-order valence-corrected chi connectivity index (χ3v) is 5.24. The quantitative estimate of drug-likeness (QED) is 0.882. The Morgan fingerprint density at radius 3 is 3.11 bits per heavy atom. The fourth-order valence-corrected chi connectivity index (χ4v) is 3.87. The summed E-state index contributed by atoms with van der Waals surface area (Å²) in [5.41, 5.74) is 1.30. The molecule has 1 aromatic rings. The molecule has 0 radical (unpaired) electrons. The smallest absolute Gasteiger partial charge is 0.239 e. The number of hydrogen-bond acceptors (Lipinski definition) is 4. The van der Waals surface area contributed by atoms with Gasteiger partial charge in [0.05, 0.1) is 12.1 Å². The Balaban J connectivity index is 1.65. The molecule has 5 heteroatoms. The first-order valence-electron chi connectivity index (χ1n) is 6.91. The van der Waals surface area contributed by atoms with Gasteiger partial charge in [0, 0.05) is 31.1 Å². The third-order valence-electron chi connectivity index (χ3n) is 4.22. The van der Waals surface area contributed by atoms with Crippen LogP contribution in [0.1, 0.15) is 23.8 Å². The topological polar surface area (TPSA) is 43.8 Å². The predicted molar refractivity (Wildman–Crippen MR) is 75.1 cm³/mol. The molecule has 104 valence electrons. The molecule has 1 unspecified atom stereocenters. The fraction of sp³-hybridized carbons (Fsp3) is 0.643. The Labute approximate surface area is 117 Å². The predicted octanol–water partition coefficient (Wildman–Crippen LogP) is 1.09. The van der Waals surface area contributed by atoms with E-state index in [0.29, 0.717) is 6.54 Å². The molecule has 0 saturated carbocycles. The molecule has 3 rings (SSSR count). The summed E-state index contributed by atoms with van der Waals surface area (Å²) < 4.78 is 0. The Hall–Kier alpha value is -0.910. The zero-order valence-electron chi connectivity index (χ0n) is 11.2. The molecule has 1 aromatic heterocycles. The molecule has 2 aliphatic heterocycles. The Bertz CT molecular complexity index is 474. The van der Waals surface area contributed by atoms with Gasteiger partial charge in [-0.25, -0.2) is 0 Å². The van der Waals surface area contributed by atoms with Crippen LogP contribution in [0.4, 0.5) is 0 Å². The van der Waals surface area contributed by atoms with Gasteiger partial charge in [0.1, 0.15) is 0 Å². The molecule has 1 N–H and O–H groups in total. The zero-order chi connectivity index (χ0) is 13.4. The number of amides is 1. The highest BCUT2D eigenvalue weighted by Gasteiger charge is 2.32. The van der Waals surface area contributed by atoms with Crippen LogP contribution in [0.3, 0.4) is 0 Å². The summed E-state index contributed by atoms with van der Waals surface area (Å²) in [6.45, 7) is 4.99. The van der Waals surface area contributed by atoms with Crippen molar-refractivity contribution in [3.63, 3.8) is 0 Å². The van der Waals surface area contributed by atoms with Crippen LogP contribution in [0, 0.1) is 0 Å². The maximum atomic E-state index is 12.5. The van der Waals surface area contributed by atoms with E-state index < -0.39 is 0 Å². The SMILES string of the molecule is CC(C(=O)N1CCc2sccc2C1)N1CC[C@@H](O)C1. The van der Waals surface area contributed by atoms with Crippen molar-refractivity contribution in [3.05, 3.63) is 21.9 Å². The minimum absolute atomic E-state index is 0.114. The van der Waals surface area contributed by atoms with Crippen molar-refractivity contribution in [2.24, 2.45) is 0 Å². The number of likely N-dealkylation sites (tertiary alicyclic amines) is 1. The molecule has 3 heterocycles. The third kappa shape index (κ3) is 2.55. The molecular weight excluding hydrogens is 260 g/mol. The highest BCUT2D eigenvalue weighted by atomic mass is 32.1. The van der Waals surface area contributed by atoms with Crippen molar-refractivity contribution in [1.82, 2.24) is 9.80 Å². The van der Waals surface area contributed by atoms with Gasteiger partial charge in [-0.3, -0.25) is 9.69 Å². The largest absolute Gasteiger partial charge is 0.392 e. The van der Waals surface area contributed by atoms with Crippen LogP contribution < -0.4 is 0 Å². The number of nitrogens with zero attached hydrogens (tertiary/aromatic N) is 2. The summed E-state index contributed by atoms with van der Waals surface area (Å²) in [6, 6.07) is 2.02. The minimum atomic E-state index is -0.264. The van der Waals surface area contributed by atoms with E-state index in [1.54, 1.807) is 11.3 Å². The average molecular weight is 280 g/mol. The molecule has 0 bridgehead atoms. The molecule has 0 aromatic carbocycles. The summed E-state index contributed by atoms with van der Waals surface area (Å²) in [7, 11) is 0. The van der Waals surface area contributed by atoms with Crippen molar-refractivity contribution >= 4 is 17.2 Å². The van der Waals surface area contributed by atoms with E-state index in [1.807, 2.05) is 11.8 Å². The minimum Gasteiger partial charge on any atom is -0.392 e. The van der Waals surface area contributed by atoms with Gasteiger partial charge in [0.25, 0.3) is 0 Å². The van der Waals surface area contributed by atoms with Crippen molar-refractivity contribution in [2.45, 2.75) is 38.5 Å². The molecule has 1 amide bonds. The number of carbonyl (C=O) groups excluding carboxylic acids is 1. The van der Waals surface area contributed by atoms with Crippen molar-refractivity contribution < 1.29 is 9.90 Å².